The zero-order chi connectivity index (χ0) is 14.4. The molecule has 0 aromatic heterocycles. The van der Waals surface area contributed by atoms with Crippen LogP contribution >= 0.6 is 0 Å². The van der Waals surface area contributed by atoms with Gasteiger partial charge in [-0.3, -0.25) is 14.5 Å². The predicted octanol–water partition coefficient (Wildman–Crippen LogP) is 2.27. The van der Waals surface area contributed by atoms with Crippen LogP contribution in [0.2, 0.25) is 0 Å². The smallest absolute Gasteiger partial charge is 0.305 e. The first-order valence-corrected chi connectivity index (χ1v) is 7.04. The van der Waals surface area contributed by atoms with Crippen molar-refractivity contribution in [2.45, 2.75) is 25.8 Å². The molecule has 4 nitrogen and oxygen atoms in total. The van der Waals surface area contributed by atoms with E-state index in [1.54, 1.807) is 0 Å². The molecule has 4 heteroatoms. The molecule has 1 aliphatic rings. The minimum atomic E-state index is -0.104. The van der Waals surface area contributed by atoms with Gasteiger partial charge in [0, 0.05) is 18.5 Å². The number of rotatable bonds is 5. The van der Waals surface area contributed by atoms with Crippen LogP contribution < -0.4 is 0 Å². The Morgan fingerprint density at radius 2 is 1.95 bits per heavy atom. The van der Waals surface area contributed by atoms with Crippen molar-refractivity contribution in [1.82, 2.24) is 4.90 Å². The van der Waals surface area contributed by atoms with Gasteiger partial charge in [-0.25, -0.2) is 0 Å². The first-order chi connectivity index (χ1) is 9.71. The molecule has 1 aromatic carbocycles. The maximum absolute atomic E-state index is 11.2. The summed E-state index contributed by atoms with van der Waals surface area (Å²) in [6.45, 7) is 2.93. The van der Waals surface area contributed by atoms with Crippen LogP contribution in [0.4, 0.5) is 0 Å². The molecule has 0 amide bonds. The van der Waals surface area contributed by atoms with Gasteiger partial charge in [0.25, 0.3) is 0 Å². The number of likely N-dealkylation sites (tertiary alicyclic amines) is 1. The van der Waals surface area contributed by atoms with Crippen molar-refractivity contribution in [2.75, 3.05) is 20.2 Å². The molecule has 0 atom stereocenters. The van der Waals surface area contributed by atoms with E-state index in [0.717, 1.165) is 38.8 Å². The van der Waals surface area contributed by atoms with Crippen LogP contribution in [0.1, 0.15) is 35.2 Å². The molecule has 0 bridgehead atoms. The third kappa shape index (κ3) is 4.17. The normalized spacial score (nSPS) is 16.9. The number of carbonyl (C=O) groups is 2. The third-order valence-electron chi connectivity index (χ3n) is 3.91. The molecule has 1 aliphatic heterocycles. The molecule has 0 unspecified atom stereocenters. The van der Waals surface area contributed by atoms with Crippen LogP contribution in [0.3, 0.4) is 0 Å². The highest BCUT2D eigenvalue weighted by atomic mass is 16.5. The molecule has 0 spiro atoms. The molecular formula is C16H21NO3. The predicted molar refractivity (Wildman–Crippen MR) is 76.5 cm³/mol. The summed E-state index contributed by atoms with van der Waals surface area (Å²) in [5.74, 6) is 0.351. The molecule has 0 radical (unpaired) electrons. The molecule has 0 aliphatic carbocycles. The second-order valence-corrected chi connectivity index (χ2v) is 5.36. The number of esters is 1. The summed E-state index contributed by atoms with van der Waals surface area (Å²) in [6.07, 6.45) is 3.49. The van der Waals surface area contributed by atoms with E-state index in [-0.39, 0.29) is 5.97 Å². The highest BCUT2D eigenvalue weighted by Gasteiger charge is 2.21. The number of carbonyl (C=O) groups excluding carboxylic acids is 2. The Labute approximate surface area is 119 Å². The van der Waals surface area contributed by atoms with Crippen LogP contribution in [0.25, 0.3) is 0 Å². The Bertz CT molecular complexity index is 447. The molecule has 0 N–H and O–H groups in total. The SMILES string of the molecule is COC(=O)CC1CCN(Cc2ccc(C=O)cc2)CC1. The molecule has 1 aromatic rings. The van der Waals surface area contributed by atoms with Crippen LogP contribution in [0, 0.1) is 5.92 Å². The lowest BCUT2D eigenvalue weighted by atomic mass is 9.93. The van der Waals surface area contributed by atoms with E-state index in [0.29, 0.717) is 17.9 Å². The lowest BCUT2D eigenvalue weighted by Crippen LogP contribution is -2.34. The molecular weight excluding hydrogens is 254 g/mol. The average Bonchev–Trinajstić information content (AvgIpc) is 2.50. The summed E-state index contributed by atoms with van der Waals surface area (Å²) in [4.78, 5) is 24.2. The maximum atomic E-state index is 11.2. The number of piperidine rings is 1. The van der Waals surface area contributed by atoms with E-state index in [9.17, 15) is 9.59 Å². The second kappa shape index (κ2) is 7.20. The molecule has 2 rings (SSSR count). The minimum absolute atomic E-state index is 0.104. The van der Waals surface area contributed by atoms with Gasteiger partial charge in [-0.05, 0) is 37.4 Å². The molecule has 20 heavy (non-hydrogen) atoms. The van der Waals surface area contributed by atoms with Crippen molar-refractivity contribution in [2.24, 2.45) is 5.92 Å². The van der Waals surface area contributed by atoms with Gasteiger partial charge in [-0.2, -0.15) is 0 Å². The van der Waals surface area contributed by atoms with Crippen LogP contribution in [-0.2, 0) is 16.1 Å². The fourth-order valence-electron chi connectivity index (χ4n) is 2.63. The zero-order valence-corrected chi connectivity index (χ0v) is 11.9. The molecule has 1 fully saturated rings. The van der Waals surface area contributed by atoms with Gasteiger partial charge in [-0.1, -0.05) is 24.3 Å². The third-order valence-corrected chi connectivity index (χ3v) is 3.91. The number of hydrogen-bond donors (Lipinski definition) is 0. The first kappa shape index (κ1) is 14.7. The highest BCUT2D eigenvalue weighted by Crippen LogP contribution is 2.22. The van der Waals surface area contributed by atoms with Crippen molar-refractivity contribution in [1.29, 1.82) is 0 Å². The number of benzene rings is 1. The van der Waals surface area contributed by atoms with Crippen molar-refractivity contribution in [3.8, 4) is 0 Å². The molecule has 1 saturated heterocycles. The van der Waals surface area contributed by atoms with E-state index in [4.69, 9.17) is 4.74 Å². The molecule has 0 saturated carbocycles. The summed E-state index contributed by atoms with van der Waals surface area (Å²) in [5.41, 5.74) is 1.94. The molecule has 1 heterocycles. The monoisotopic (exact) mass is 275 g/mol. The number of aldehydes is 1. The summed E-state index contributed by atoms with van der Waals surface area (Å²) >= 11 is 0. The van der Waals surface area contributed by atoms with E-state index in [1.807, 2.05) is 24.3 Å². The van der Waals surface area contributed by atoms with Crippen molar-refractivity contribution < 1.29 is 14.3 Å². The van der Waals surface area contributed by atoms with Crippen LogP contribution in [-0.4, -0.2) is 37.4 Å². The van der Waals surface area contributed by atoms with E-state index in [2.05, 4.69) is 4.90 Å². The van der Waals surface area contributed by atoms with Gasteiger partial charge >= 0.3 is 5.97 Å². The van der Waals surface area contributed by atoms with Crippen LogP contribution in [0.5, 0.6) is 0 Å². The Balaban J connectivity index is 1.78. The minimum Gasteiger partial charge on any atom is -0.469 e. The van der Waals surface area contributed by atoms with E-state index in [1.165, 1.54) is 12.7 Å². The summed E-state index contributed by atoms with van der Waals surface area (Å²) < 4.78 is 4.72. The Hall–Kier alpha value is -1.68. The Morgan fingerprint density at radius 3 is 2.50 bits per heavy atom. The maximum Gasteiger partial charge on any atom is 0.305 e. The lowest BCUT2D eigenvalue weighted by molar-refractivity contribution is -0.142. The topological polar surface area (TPSA) is 46.6 Å². The Morgan fingerprint density at radius 1 is 1.30 bits per heavy atom. The first-order valence-electron chi connectivity index (χ1n) is 7.04. The van der Waals surface area contributed by atoms with E-state index >= 15 is 0 Å². The quantitative estimate of drug-likeness (QED) is 0.611. The highest BCUT2D eigenvalue weighted by molar-refractivity contribution is 5.74. The average molecular weight is 275 g/mol. The molecule has 108 valence electrons. The van der Waals surface area contributed by atoms with Gasteiger partial charge in [0.2, 0.25) is 0 Å². The Kier molecular flexibility index (Phi) is 5.30. The fourth-order valence-corrected chi connectivity index (χ4v) is 2.63. The van der Waals surface area contributed by atoms with Gasteiger partial charge in [0.1, 0.15) is 6.29 Å². The van der Waals surface area contributed by atoms with Gasteiger partial charge in [-0.15, -0.1) is 0 Å². The summed E-state index contributed by atoms with van der Waals surface area (Å²) in [5, 5.41) is 0. The summed E-state index contributed by atoms with van der Waals surface area (Å²) in [6, 6.07) is 7.72. The van der Waals surface area contributed by atoms with Crippen molar-refractivity contribution >= 4 is 12.3 Å². The van der Waals surface area contributed by atoms with Crippen molar-refractivity contribution in [3.63, 3.8) is 0 Å². The second-order valence-electron chi connectivity index (χ2n) is 5.36. The van der Waals surface area contributed by atoms with Crippen molar-refractivity contribution in [3.05, 3.63) is 35.4 Å². The van der Waals surface area contributed by atoms with Gasteiger partial charge in [0.15, 0.2) is 0 Å². The number of methoxy groups -OCH3 is 1. The zero-order valence-electron chi connectivity index (χ0n) is 11.9. The number of hydrogen-bond acceptors (Lipinski definition) is 4. The van der Waals surface area contributed by atoms with E-state index < -0.39 is 0 Å². The standard InChI is InChI=1S/C16H21NO3/c1-20-16(19)10-13-6-8-17(9-7-13)11-14-2-4-15(12-18)5-3-14/h2-5,12-13H,6-11H2,1H3. The summed E-state index contributed by atoms with van der Waals surface area (Å²) in [7, 11) is 1.44. The van der Waals surface area contributed by atoms with Crippen LogP contribution in [0.15, 0.2) is 24.3 Å². The number of nitrogens with zero attached hydrogens (tertiary/aromatic N) is 1. The lowest BCUT2D eigenvalue weighted by Gasteiger charge is -2.31. The largest absolute Gasteiger partial charge is 0.469 e. The van der Waals surface area contributed by atoms with Gasteiger partial charge < -0.3 is 4.74 Å². The number of ether oxygens (including phenoxy) is 1. The van der Waals surface area contributed by atoms with Gasteiger partial charge in [0.05, 0.1) is 7.11 Å². The fraction of sp³-hybridized carbons (Fsp3) is 0.500.